The Labute approximate surface area is 145 Å². The molecule has 0 saturated heterocycles. The van der Waals surface area contributed by atoms with E-state index >= 15 is 0 Å². The minimum atomic E-state index is 0.00103. The lowest BCUT2D eigenvalue weighted by atomic mass is 10.2. The minimum absolute atomic E-state index is 0.00103. The van der Waals surface area contributed by atoms with Crippen LogP contribution in [0.5, 0.6) is 5.88 Å². The SMILES string of the molecule is C=CC.C=Cc1nc2n3c(c(O)nc-2c1C=C)NCC3.CC.CC. The van der Waals surface area contributed by atoms with Crippen LogP contribution in [0.25, 0.3) is 23.7 Å². The third-order valence-corrected chi connectivity index (χ3v) is 2.95. The molecule has 0 aromatic carbocycles. The number of nitrogens with one attached hydrogen (secondary N) is 1. The zero-order chi connectivity index (χ0) is 18.7. The topological polar surface area (TPSA) is 63.0 Å². The van der Waals surface area contributed by atoms with E-state index in [0.717, 1.165) is 30.2 Å². The van der Waals surface area contributed by atoms with E-state index in [1.54, 1.807) is 18.2 Å². The summed E-state index contributed by atoms with van der Waals surface area (Å²) < 4.78 is 1.93. The molecule has 0 aliphatic carbocycles. The number of aromatic nitrogens is 3. The van der Waals surface area contributed by atoms with Crippen LogP contribution in [-0.2, 0) is 6.54 Å². The van der Waals surface area contributed by atoms with E-state index < -0.39 is 0 Å². The van der Waals surface area contributed by atoms with Crippen LogP contribution in [0.3, 0.4) is 0 Å². The van der Waals surface area contributed by atoms with Crippen molar-refractivity contribution in [2.45, 2.75) is 41.2 Å². The first-order valence-electron chi connectivity index (χ1n) is 8.36. The Bertz CT molecular complexity index is 644. The molecule has 5 nitrogen and oxygen atoms in total. The van der Waals surface area contributed by atoms with E-state index in [9.17, 15) is 5.11 Å². The summed E-state index contributed by atoms with van der Waals surface area (Å²) in [5.41, 5.74) is 2.22. The minimum Gasteiger partial charge on any atom is -0.491 e. The van der Waals surface area contributed by atoms with Gasteiger partial charge < -0.3 is 15.0 Å². The van der Waals surface area contributed by atoms with Crippen molar-refractivity contribution in [3.05, 3.63) is 37.1 Å². The van der Waals surface area contributed by atoms with Gasteiger partial charge in [-0.05, 0) is 13.0 Å². The molecular formula is C19H30N4O. The van der Waals surface area contributed by atoms with Gasteiger partial charge in [0.15, 0.2) is 11.6 Å². The Hall–Kier alpha value is -2.56. The molecule has 3 aliphatic heterocycles. The van der Waals surface area contributed by atoms with Gasteiger partial charge in [-0.3, -0.25) is 0 Å². The lowest BCUT2D eigenvalue weighted by Gasteiger charge is -2.09. The van der Waals surface area contributed by atoms with Gasteiger partial charge in [-0.15, -0.1) is 6.58 Å². The summed E-state index contributed by atoms with van der Waals surface area (Å²) in [6.07, 6.45) is 5.11. The first-order valence-corrected chi connectivity index (χ1v) is 8.36. The predicted molar refractivity (Wildman–Crippen MR) is 106 cm³/mol. The van der Waals surface area contributed by atoms with E-state index in [0.29, 0.717) is 11.5 Å². The Morgan fingerprint density at radius 2 is 1.67 bits per heavy atom. The summed E-state index contributed by atoms with van der Waals surface area (Å²) in [7, 11) is 0. The quantitative estimate of drug-likeness (QED) is 0.757. The van der Waals surface area contributed by atoms with Crippen molar-refractivity contribution in [3.8, 4) is 17.4 Å². The second-order valence-corrected chi connectivity index (χ2v) is 4.26. The summed E-state index contributed by atoms with van der Waals surface area (Å²) in [6, 6.07) is 0. The van der Waals surface area contributed by atoms with Gasteiger partial charge >= 0.3 is 0 Å². The van der Waals surface area contributed by atoms with Crippen LogP contribution in [0.1, 0.15) is 45.9 Å². The van der Waals surface area contributed by atoms with E-state index in [1.165, 1.54) is 0 Å². The smallest absolute Gasteiger partial charge is 0.253 e. The highest BCUT2D eigenvalue weighted by Gasteiger charge is 2.26. The number of hydrogen-bond donors (Lipinski definition) is 2. The number of fused-ring (bicyclic) bond motifs is 3. The van der Waals surface area contributed by atoms with Crippen LogP contribution in [0.4, 0.5) is 5.82 Å². The first-order chi connectivity index (χ1) is 11.7. The van der Waals surface area contributed by atoms with E-state index in [-0.39, 0.29) is 5.88 Å². The second-order valence-electron chi connectivity index (χ2n) is 4.26. The van der Waals surface area contributed by atoms with Crippen LogP contribution in [0.15, 0.2) is 25.8 Å². The van der Waals surface area contributed by atoms with E-state index in [4.69, 9.17) is 0 Å². The number of aromatic hydroxyl groups is 1. The number of rotatable bonds is 2. The molecule has 3 aliphatic rings. The molecular weight excluding hydrogens is 300 g/mol. The molecule has 24 heavy (non-hydrogen) atoms. The summed E-state index contributed by atoms with van der Waals surface area (Å²) in [5.74, 6) is 1.38. The van der Waals surface area contributed by atoms with Crippen molar-refractivity contribution in [1.29, 1.82) is 0 Å². The van der Waals surface area contributed by atoms with Crippen LogP contribution < -0.4 is 5.32 Å². The monoisotopic (exact) mass is 330 g/mol. The first kappa shape index (κ1) is 21.4. The Kier molecular flexibility index (Phi) is 9.87. The third kappa shape index (κ3) is 4.25. The van der Waals surface area contributed by atoms with Gasteiger partial charge in [-0.25, -0.2) is 9.97 Å². The number of anilines is 1. The van der Waals surface area contributed by atoms with E-state index in [1.807, 2.05) is 39.2 Å². The van der Waals surface area contributed by atoms with E-state index in [2.05, 4.69) is 35.0 Å². The van der Waals surface area contributed by atoms with Gasteiger partial charge in [-0.2, -0.15) is 0 Å². The van der Waals surface area contributed by atoms with Crippen LogP contribution in [-0.4, -0.2) is 26.2 Å². The zero-order valence-corrected chi connectivity index (χ0v) is 15.6. The fourth-order valence-corrected chi connectivity index (χ4v) is 2.19. The molecule has 0 saturated carbocycles. The summed E-state index contributed by atoms with van der Waals surface area (Å²) >= 11 is 0. The Morgan fingerprint density at radius 1 is 1.08 bits per heavy atom. The average molecular weight is 330 g/mol. The summed E-state index contributed by atoms with van der Waals surface area (Å²) in [5, 5.41) is 12.9. The fraction of sp³-hybridized carbons (Fsp3) is 0.368. The molecule has 0 amide bonds. The number of nitrogens with zero attached hydrogens (tertiary/aromatic N) is 3. The highest BCUT2D eigenvalue weighted by Crippen LogP contribution is 2.36. The maximum atomic E-state index is 9.85. The molecule has 0 spiro atoms. The number of allylic oxidation sites excluding steroid dienone is 1. The highest BCUT2D eigenvalue weighted by atomic mass is 16.3. The molecule has 0 fully saturated rings. The summed E-state index contributed by atoms with van der Waals surface area (Å²) in [4.78, 5) is 8.65. The molecule has 0 unspecified atom stereocenters. The van der Waals surface area contributed by atoms with Gasteiger partial charge in [0.1, 0.15) is 5.69 Å². The van der Waals surface area contributed by atoms with Gasteiger partial charge in [0.2, 0.25) is 0 Å². The Balaban J connectivity index is 0.000000667. The van der Waals surface area contributed by atoms with Crippen LogP contribution >= 0.6 is 0 Å². The van der Waals surface area contributed by atoms with Gasteiger partial charge in [0.05, 0.1) is 5.69 Å². The molecule has 0 radical (unpaired) electrons. The number of hydrogen-bond acceptors (Lipinski definition) is 4. The second kappa shape index (κ2) is 11.0. The molecule has 0 aromatic heterocycles. The summed E-state index contributed by atoms with van der Waals surface area (Å²) in [6.45, 7) is 22.3. The fourth-order valence-electron chi connectivity index (χ4n) is 2.19. The maximum Gasteiger partial charge on any atom is 0.253 e. The van der Waals surface area contributed by atoms with Crippen molar-refractivity contribution in [1.82, 2.24) is 14.5 Å². The molecule has 2 N–H and O–H groups in total. The molecule has 5 heteroatoms. The average Bonchev–Trinajstić information content (AvgIpc) is 3.23. The lowest BCUT2D eigenvalue weighted by molar-refractivity contribution is 0.451. The van der Waals surface area contributed by atoms with Gasteiger partial charge in [0, 0.05) is 18.7 Å². The van der Waals surface area contributed by atoms with Crippen molar-refractivity contribution in [2.75, 3.05) is 11.9 Å². The molecule has 3 rings (SSSR count). The molecule has 0 aromatic rings. The highest BCUT2D eigenvalue weighted by molar-refractivity contribution is 5.79. The van der Waals surface area contributed by atoms with Crippen molar-refractivity contribution >= 4 is 18.0 Å². The van der Waals surface area contributed by atoms with Gasteiger partial charge in [0.25, 0.3) is 5.88 Å². The van der Waals surface area contributed by atoms with Gasteiger partial charge in [-0.1, -0.05) is 53.0 Å². The van der Waals surface area contributed by atoms with Crippen LogP contribution in [0, 0.1) is 0 Å². The normalized spacial score (nSPS) is 10.5. The largest absolute Gasteiger partial charge is 0.491 e. The molecule has 0 atom stereocenters. The van der Waals surface area contributed by atoms with Crippen molar-refractivity contribution in [3.63, 3.8) is 0 Å². The maximum absolute atomic E-state index is 9.85. The van der Waals surface area contributed by atoms with Crippen molar-refractivity contribution in [2.24, 2.45) is 0 Å². The van der Waals surface area contributed by atoms with Crippen LogP contribution in [0.2, 0.25) is 0 Å². The predicted octanol–water partition coefficient (Wildman–Crippen LogP) is 5.04. The Morgan fingerprint density at radius 3 is 2.17 bits per heavy atom. The molecule has 132 valence electrons. The molecule has 3 heterocycles. The van der Waals surface area contributed by atoms with Crippen molar-refractivity contribution < 1.29 is 5.11 Å². The standard InChI is InChI=1S/C12H12N4O.C3H6.2C2H6/c1-3-7-8(4-2)14-10-9(7)15-12(17)11-13-5-6-16(10)11;1-3-2;2*1-2/h3-4,13,17H,1-2,5-6H2;3H,1H2,2H3;2*1-2H3. The molecule has 0 bridgehead atoms. The zero-order valence-electron chi connectivity index (χ0n) is 15.6. The lowest BCUT2D eigenvalue weighted by Crippen LogP contribution is -2.02. The third-order valence-electron chi connectivity index (χ3n) is 2.95.